The first kappa shape index (κ1) is 10.4. The second-order valence-electron chi connectivity index (χ2n) is 3.53. The van der Waals surface area contributed by atoms with E-state index in [2.05, 4.69) is 26.3 Å². The summed E-state index contributed by atoms with van der Waals surface area (Å²) in [6, 6.07) is 16.1. The van der Waals surface area contributed by atoms with Crippen LogP contribution in [0.5, 0.6) is 0 Å². The Bertz CT molecular complexity index is 551. The average Bonchev–Trinajstić information content (AvgIpc) is 2.90. The van der Waals surface area contributed by atoms with Gasteiger partial charge in [0.05, 0.1) is 0 Å². The summed E-state index contributed by atoms with van der Waals surface area (Å²) in [5.74, 6) is 0. The number of pyridine rings is 1. The first-order valence-electron chi connectivity index (χ1n) is 5.24. The Morgan fingerprint density at radius 2 is 1.71 bits per heavy atom. The molecule has 0 N–H and O–H groups in total. The molecular weight excluding hydrogens is 277 g/mol. The molecule has 0 aliphatic carbocycles. The molecule has 4 heteroatoms. The summed E-state index contributed by atoms with van der Waals surface area (Å²) in [7, 11) is 0. The Labute approximate surface area is 105 Å². The molecule has 3 aromatic rings. The van der Waals surface area contributed by atoms with Crippen LogP contribution in [0.15, 0.2) is 54.7 Å². The molecule has 2 aromatic heterocycles. The molecule has 0 aliphatic heterocycles. The third kappa shape index (κ3) is 2.05. The molecule has 0 atom stereocenters. The van der Waals surface area contributed by atoms with Gasteiger partial charge in [0.25, 0.3) is 0 Å². The predicted molar refractivity (Wildman–Crippen MR) is 67.6 cm³/mol. The van der Waals surface area contributed by atoms with Crippen molar-refractivity contribution < 1.29 is 0 Å². The Morgan fingerprint density at radius 1 is 0.882 bits per heavy atom. The van der Waals surface area contributed by atoms with Gasteiger partial charge >= 0.3 is 105 Å². The van der Waals surface area contributed by atoms with Crippen molar-refractivity contribution in [3.63, 3.8) is 0 Å². The Kier molecular flexibility index (Phi) is 2.82. The van der Waals surface area contributed by atoms with Crippen molar-refractivity contribution in [1.29, 1.82) is 0 Å². The van der Waals surface area contributed by atoms with Crippen LogP contribution in [0.2, 0.25) is 0 Å². The molecule has 0 saturated heterocycles. The van der Waals surface area contributed by atoms with E-state index in [1.54, 1.807) is 6.20 Å². The summed E-state index contributed by atoms with van der Waals surface area (Å²) in [6.45, 7) is 0. The second-order valence-corrected chi connectivity index (χ2v) is 5.11. The fourth-order valence-electron chi connectivity index (χ4n) is 1.64. The zero-order chi connectivity index (χ0) is 11.5. The van der Waals surface area contributed by atoms with E-state index >= 15 is 0 Å². The van der Waals surface area contributed by atoms with Crippen LogP contribution in [0.3, 0.4) is 0 Å². The molecule has 0 bridgehead atoms. The molecule has 0 radical (unpaired) electrons. The van der Waals surface area contributed by atoms with E-state index in [0.29, 0.717) is 0 Å². The summed E-state index contributed by atoms with van der Waals surface area (Å²) < 4.78 is 5.33. The fraction of sp³-hybridized carbons (Fsp3) is 0. The van der Waals surface area contributed by atoms with E-state index < -0.39 is 0 Å². The van der Waals surface area contributed by atoms with Crippen LogP contribution in [0.25, 0.3) is 21.4 Å². The van der Waals surface area contributed by atoms with Crippen LogP contribution in [-0.2, 0) is 0 Å². The average molecular weight is 286 g/mol. The standard InChI is InChI=1S/C13H9N3Se/c1-2-6-10(7-3-1)12-13(17-16-15-12)11-8-4-5-9-14-11/h1-9H. The van der Waals surface area contributed by atoms with Crippen molar-refractivity contribution in [2.24, 2.45) is 0 Å². The normalized spacial score (nSPS) is 10.4. The van der Waals surface area contributed by atoms with Crippen LogP contribution >= 0.6 is 0 Å². The van der Waals surface area contributed by atoms with Crippen LogP contribution in [0, 0.1) is 0 Å². The first-order chi connectivity index (χ1) is 8.45. The molecule has 0 unspecified atom stereocenters. The van der Waals surface area contributed by atoms with Crippen molar-refractivity contribution in [2.45, 2.75) is 0 Å². The quantitative estimate of drug-likeness (QED) is 0.678. The van der Waals surface area contributed by atoms with E-state index in [1.807, 2.05) is 36.4 Å². The Hall–Kier alpha value is -1.77. The fourth-order valence-corrected chi connectivity index (χ4v) is 3.03. The van der Waals surface area contributed by atoms with Crippen molar-refractivity contribution in [1.82, 2.24) is 14.2 Å². The van der Waals surface area contributed by atoms with Gasteiger partial charge in [0.15, 0.2) is 0 Å². The van der Waals surface area contributed by atoms with Crippen molar-refractivity contribution >= 4 is 14.7 Å². The molecule has 0 saturated carbocycles. The molecule has 3 nitrogen and oxygen atoms in total. The number of rotatable bonds is 2. The van der Waals surface area contributed by atoms with Gasteiger partial charge < -0.3 is 0 Å². The second kappa shape index (κ2) is 4.62. The molecule has 0 fully saturated rings. The number of nitrogens with zero attached hydrogens (tertiary/aromatic N) is 3. The molecule has 82 valence electrons. The molecule has 0 amide bonds. The van der Waals surface area contributed by atoms with Gasteiger partial charge in [-0.25, -0.2) is 0 Å². The molecule has 1 aromatic carbocycles. The molecule has 17 heavy (non-hydrogen) atoms. The number of aromatic nitrogens is 3. The summed E-state index contributed by atoms with van der Waals surface area (Å²) in [4.78, 5) is 4.37. The minimum atomic E-state index is 0.0412. The summed E-state index contributed by atoms with van der Waals surface area (Å²) in [5, 5.41) is 4.26. The minimum absolute atomic E-state index is 0.0412. The van der Waals surface area contributed by atoms with Gasteiger partial charge in [-0.15, -0.1) is 0 Å². The van der Waals surface area contributed by atoms with Crippen LogP contribution < -0.4 is 0 Å². The van der Waals surface area contributed by atoms with Gasteiger partial charge in [-0.05, 0) is 0 Å². The molecule has 2 heterocycles. The van der Waals surface area contributed by atoms with Crippen LogP contribution in [-0.4, -0.2) is 28.9 Å². The van der Waals surface area contributed by atoms with E-state index in [0.717, 1.165) is 21.4 Å². The Morgan fingerprint density at radius 3 is 2.47 bits per heavy atom. The van der Waals surface area contributed by atoms with Gasteiger partial charge in [-0.2, -0.15) is 0 Å². The van der Waals surface area contributed by atoms with Crippen LogP contribution in [0.1, 0.15) is 0 Å². The first-order valence-corrected chi connectivity index (χ1v) is 6.86. The van der Waals surface area contributed by atoms with Gasteiger partial charge in [-0.1, -0.05) is 0 Å². The molecular formula is C13H9N3Se. The van der Waals surface area contributed by atoms with E-state index in [4.69, 9.17) is 0 Å². The number of hydrogen-bond donors (Lipinski definition) is 0. The van der Waals surface area contributed by atoms with E-state index in [-0.39, 0.29) is 14.7 Å². The monoisotopic (exact) mass is 287 g/mol. The maximum absolute atomic E-state index is 4.37. The SMILES string of the molecule is c1ccc(-c2nn[se]c2-c2ccccn2)cc1. The van der Waals surface area contributed by atoms with E-state index in [1.165, 1.54) is 0 Å². The maximum atomic E-state index is 4.37. The van der Waals surface area contributed by atoms with Crippen molar-refractivity contribution in [3.05, 3.63) is 54.7 Å². The number of hydrogen-bond acceptors (Lipinski definition) is 3. The van der Waals surface area contributed by atoms with Gasteiger partial charge in [-0.3, -0.25) is 0 Å². The summed E-state index contributed by atoms with van der Waals surface area (Å²) in [5.41, 5.74) is 3.05. The van der Waals surface area contributed by atoms with Crippen LogP contribution in [0.4, 0.5) is 0 Å². The topological polar surface area (TPSA) is 38.7 Å². The van der Waals surface area contributed by atoms with E-state index in [9.17, 15) is 0 Å². The zero-order valence-corrected chi connectivity index (χ0v) is 10.7. The zero-order valence-electron chi connectivity index (χ0n) is 8.95. The van der Waals surface area contributed by atoms with Gasteiger partial charge in [0.1, 0.15) is 0 Å². The summed E-state index contributed by atoms with van der Waals surface area (Å²) >= 11 is 0.0412. The molecule has 0 spiro atoms. The summed E-state index contributed by atoms with van der Waals surface area (Å²) in [6.07, 6.45) is 1.80. The molecule has 3 rings (SSSR count). The Balaban J connectivity index is 2.13. The molecule has 0 aliphatic rings. The van der Waals surface area contributed by atoms with Crippen molar-refractivity contribution in [3.8, 4) is 21.4 Å². The third-order valence-corrected chi connectivity index (χ3v) is 4.00. The van der Waals surface area contributed by atoms with Gasteiger partial charge in [0, 0.05) is 0 Å². The predicted octanol–water partition coefficient (Wildman–Crippen LogP) is 2.26. The van der Waals surface area contributed by atoms with Crippen molar-refractivity contribution in [2.75, 3.05) is 0 Å². The number of benzene rings is 1. The van der Waals surface area contributed by atoms with Gasteiger partial charge in [0.2, 0.25) is 0 Å². The third-order valence-electron chi connectivity index (χ3n) is 2.43.